The number of anilines is 2. The molecule has 33 heavy (non-hydrogen) atoms. The van der Waals surface area contributed by atoms with Crippen LogP contribution >= 0.6 is 23.4 Å². The Morgan fingerprint density at radius 2 is 2.03 bits per heavy atom. The lowest BCUT2D eigenvalue weighted by Crippen LogP contribution is -2.45. The van der Waals surface area contributed by atoms with Crippen LogP contribution in [0.1, 0.15) is 30.3 Å². The number of aromatic nitrogens is 6. The van der Waals surface area contributed by atoms with E-state index in [9.17, 15) is 0 Å². The molecule has 0 aliphatic carbocycles. The molecule has 1 atom stereocenters. The molecule has 0 amide bonds. The van der Waals surface area contributed by atoms with E-state index in [1.54, 1.807) is 12.5 Å². The zero-order chi connectivity index (χ0) is 22.7. The lowest BCUT2D eigenvalue weighted by atomic mass is 9.73. The number of aryl methyl sites for hydroxylation is 1. The molecule has 0 radical (unpaired) electrons. The Labute approximate surface area is 200 Å². The minimum atomic E-state index is 0.0279. The number of pyridine rings is 1. The van der Waals surface area contributed by atoms with Crippen LogP contribution in [0.2, 0.25) is 5.02 Å². The number of halogens is 1. The zero-order valence-corrected chi connectivity index (χ0v) is 19.7. The molecule has 1 spiro atoms. The topological polar surface area (TPSA) is 116 Å². The van der Waals surface area contributed by atoms with Crippen LogP contribution in [0.15, 0.2) is 47.0 Å². The van der Waals surface area contributed by atoms with Crippen molar-refractivity contribution in [2.24, 2.45) is 11.1 Å². The first-order chi connectivity index (χ1) is 15.9. The van der Waals surface area contributed by atoms with E-state index in [2.05, 4.69) is 30.7 Å². The summed E-state index contributed by atoms with van der Waals surface area (Å²) in [6.07, 6.45) is 9.19. The van der Waals surface area contributed by atoms with Gasteiger partial charge in [0.2, 0.25) is 0 Å². The number of nitrogens with two attached hydrogens (primary N) is 2. The summed E-state index contributed by atoms with van der Waals surface area (Å²) in [5, 5.41) is 5.99. The van der Waals surface area contributed by atoms with E-state index < -0.39 is 0 Å². The molecular weight excluding hydrogens is 458 g/mol. The predicted octanol–water partition coefficient (Wildman–Crippen LogP) is 3.32. The summed E-state index contributed by atoms with van der Waals surface area (Å²) >= 11 is 7.84. The van der Waals surface area contributed by atoms with Crippen molar-refractivity contribution in [1.82, 2.24) is 29.1 Å². The minimum Gasteiger partial charge on any atom is -0.382 e. The molecule has 2 aliphatic heterocycles. The number of imidazole rings is 1. The fourth-order valence-corrected chi connectivity index (χ4v) is 6.24. The van der Waals surface area contributed by atoms with Gasteiger partial charge in [-0.2, -0.15) is 5.10 Å². The largest absolute Gasteiger partial charge is 0.382 e. The van der Waals surface area contributed by atoms with E-state index >= 15 is 0 Å². The molecule has 4 N–H and O–H groups in total. The first kappa shape index (κ1) is 20.8. The monoisotopic (exact) mass is 481 g/mol. The standard InChI is InChI=1S/C22H24ClN9S/c1-13-8-14-19(24)22(11-32(14)29-13)3-6-30(7-4-22)21-15-9-26-12-31(15)17(10-28-21)33-16-2-5-27-20(25)18(16)23/h2,5,8-10,12,19H,3-4,6-7,11,24H2,1H3,(H2,25,27)/t19-/m1/s1. The van der Waals surface area contributed by atoms with Crippen LogP contribution in [0.25, 0.3) is 5.52 Å². The molecule has 9 nitrogen and oxygen atoms in total. The highest BCUT2D eigenvalue weighted by Gasteiger charge is 2.47. The average Bonchev–Trinajstić information content (AvgIpc) is 3.49. The van der Waals surface area contributed by atoms with Gasteiger partial charge in [-0.05, 0) is 31.9 Å². The number of fused-ring (bicyclic) bond motifs is 2. The smallest absolute Gasteiger partial charge is 0.154 e. The Balaban J connectivity index is 1.25. The first-order valence-corrected chi connectivity index (χ1v) is 12.1. The highest BCUT2D eigenvalue weighted by atomic mass is 35.5. The van der Waals surface area contributed by atoms with Crippen LogP contribution in [0, 0.1) is 12.3 Å². The average molecular weight is 482 g/mol. The van der Waals surface area contributed by atoms with Crippen molar-refractivity contribution in [3.05, 3.63) is 53.5 Å². The molecule has 1 saturated heterocycles. The van der Waals surface area contributed by atoms with Crippen molar-refractivity contribution in [2.75, 3.05) is 23.7 Å². The number of rotatable bonds is 3. The molecule has 6 heterocycles. The number of hydrogen-bond donors (Lipinski definition) is 2. The summed E-state index contributed by atoms with van der Waals surface area (Å²) in [4.78, 5) is 16.4. The fraction of sp³-hybridized carbons (Fsp3) is 0.364. The number of nitrogen functional groups attached to an aromatic ring is 1. The molecule has 0 bridgehead atoms. The Morgan fingerprint density at radius 3 is 2.82 bits per heavy atom. The van der Waals surface area contributed by atoms with Crippen LogP contribution in [0.5, 0.6) is 0 Å². The maximum Gasteiger partial charge on any atom is 0.154 e. The maximum absolute atomic E-state index is 6.71. The number of piperidine rings is 1. The second kappa shape index (κ2) is 7.61. The van der Waals surface area contributed by atoms with Gasteiger partial charge in [-0.25, -0.2) is 15.0 Å². The highest BCUT2D eigenvalue weighted by Crippen LogP contribution is 2.48. The molecule has 11 heteroatoms. The molecule has 4 aromatic heterocycles. The van der Waals surface area contributed by atoms with Gasteiger partial charge in [-0.1, -0.05) is 23.4 Å². The Hall–Kier alpha value is -2.82. The van der Waals surface area contributed by atoms with Gasteiger partial charge in [0.1, 0.15) is 22.7 Å². The van der Waals surface area contributed by atoms with E-state index in [0.29, 0.717) is 10.8 Å². The molecule has 170 valence electrons. The number of hydrogen-bond acceptors (Lipinski definition) is 8. The summed E-state index contributed by atoms with van der Waals surface area (Å²) in [6, 6.07) is 4.00. The Bertz CT molecular complexity index is 1360. The fourth-order valence-electron chi connectivity index (χ4n) is 5.12. The molecule has 1 fully saturated rings. The minimum absolute atomic E-state index is 0.0279. The molecular formula is C22H24ClN9S. The van der Waals surface area contributed by atoms with E-state index in [4.69, 9.17) is 28.1 Å². The van der Waals surface area contributed by atoms with E-state index in [1.807, 2.05) is 29.8 Å². The molecule has 0 saturated carbocycles. The third-order valence-electron chi connectivity index (χ3n) is 6.93. The van der Waals surface area contributed by atoms with Gasteiger partial charge in [0, 0.05) is 36.1 Å². The van der Waals surface area contributed by atoms with E-state index in [-0.39, 0.29) is 11.5 Å². The molecule has 0 unspecified atom stereocenters. The van der Waals surface area contributed by atoms with Gasteiger partial charge in [0.15, 0.2) is 5.82 Å². The van der Waals surface area contributed by atoms with Gasteiger partial charge < -0.3 is 16.4 Å². The lowest BCUT2D eigenvalue weighted by molar-refractivity contribution is 0.170. The summed E-state index contributed by atoms with van der Waals surface area (Å²) in [7, 11) is 0. The van der Waals surface area contributed by atoms with Gasteiger partial charge >= 0.3 is 0 Å². The predicted molar refractivity (Wildman–Crippen MR) is 129 cm³/mol. The summed E-state index contributed by atoms with van der Waals surface area (Å²) in [6.45, 7) is 4.70. The van der Waals surface area contributed by atoms with Crippen molar-refractivity contribution in [2.45, 2.75) is 42.3 Å². The van der Waals surface area contributed by atoms with Crippen LogP contribution in [0.4, 0.5) is 11.6 Å². The lowest BCUT2D eigenvalue weighted by Gasteiger charge is -2.42. The van der Waals surface area contributed by atoms with Gasteiger partial charge in [0.25, 0.3) is 0 Å². The molecule has 2 aliphatic rings. The first-order valence-electron chi connectivity index (χ1n) is 10.9. The summed E-state index contributed by atoms with van der Waals surface area (Å²) < 4.78 is 4.15. The molecule has 4 aromatic rings. The van der Waals surface area contributed by atoms with Gasteiger partial charge in [-0.3, -0.25) is 9.08 Å². The van der Waals surface area contributed by atoms with Crippen molar-refractivity contribution in [3.63, 3.8) is 0 Å². The van der Waals surface area contributed by atoms with Gasteiger partial charge in [0.05, 0.1) is 34.8 Å². The molecule has 6 rings (SSSR count). The normalized spacial score (nSPS) is 19.5. The maximum atomic E-state index is 6.71. The van der Waals surface area contributed by atoms with Crippen molar-refractivity contribution >= 4 is 40.5 Å². The van der Waals surface area contributed by atoms with Crippen LogP contribution in [-0.4, -0.2) is 42.2 Å². The summed E-state index contributed by atoms with van der Waals surface area (Å²) in [5.41, 5.74) is 15.8. The number of nitrogens with zero attached hydrogens (tertiary/aromatic N) is 7. The Kier molecular flexibility index (Phi) is 4.79. The second-order valence-corrected chi connectivity index (χ2v) is 10.3. The quantitative estimate of drug-likeness (QED) is 0.457. The third kappa shape index (κ3) is 3.27. The molecule has 0 aromatic carbocycles. The van der Waals surface area contributed by atoms with Crippen molar-refractivity contribution in [3.8, 4) is 0 Å². The van der Waals surface area contributed by atoms with E-state index in [1.165, 1.54) is 11.8 Å². The highest BCUT2D eigenvalue weighted by molar-refractivity contribution is 7.99. The second-order valence-electron chi connectivity index (χ2n) is 8.87. The SMILES string of the molecule is Cc1cc2n(n1)CC1(CCN(c3ncc(Sc4ccnc(N)c4Cl)n4cncc34)CC1)[C@@H]2N. The van der Waals surface area contributed by atoms with Crippen molar-refractivity contribution in [1.29, 1.82) is 0 Å². The Morgan fingerprint density at radius 1 is 1.21 bits per heavy atom. The van der Waals surface area contributed by atoms with E-state index in [0.717, 1.165) is 65.1 Å². The third-order valence-corrected chi connectivity index (χ3v) is 8.51. The van der Waals surface area contributed by atoms with Crippen LogP contribution in [0.3, 0.4) is 0 Å². The van der Waals surface area contributed by atoms with Gasteiger partial charge in [-0.15, -0.1) is 0 Å². The van der Waals surface area contributed by atoms with Crippen LogP contribution in [-0.2, 0) is 6.54 Å². The van der Waals surface area contributed by atoms with Crippen molar-refractivity contribution < 1.29 is 0 Å². The summed E-state index contributed by atoms with van der Waals surface area (Å²) in [5.74, 6) is 1.25. The zero-order valence-electron chi connectivity index (χ0n) is 18.1. The van der Waals surface area contributed by atoms with Crippen LogP contribution < -0.4 is 16.4 Å².